The fraction of sp³-hybridized carbons (Fsp3) is 0.676. The van der Waals surface area contributed by atoms with Gasteiger partial charge in [-0.3, -0.25) is 24.0 Å². The van der Waals surface area contributed by atoms with Crippen molar-refractivity contribution in [3.63, 3.8) is 0 Å². The number of amides is 5. The summed E-state index contributed by atoms with van der Waals surface area (Å²) in [6.07, 6.45) is 9.42. The third kappa shape index (κ3) is 12.7. The molecule has 5 amide bonds. The summed E-state index contributed by atoms with van der Waals surface area (Å²) in [5, 5.41) is 8.40. The van der Waals surface area contributed by atoms with Gasteiger partial charge < -0.3 is 26.6 Å². The summed E-state index contributed by atoms with van der Waals surface area (Å²) < 4.78 is 0. The van der Waals surface area contributed by atoms with E-state index in [0.29, 0.717) is 37.8 Å². The quantitative estimate of drug-likeness (QED) is 0.201. The van der Waals surface area contributed by atoms with E-state index in [9.17, 15) is 28.8 Å². The van der Waals surface area contributed by atoms with E-state index in [0.717, 1.165) is 25.2 Å². The van der Waals surface area contributed by atoms with Crippen molar-refractivity contribution >= 4 is 35.3 Å². The number of ketones is 2. The van der Waals surface area contributed by atoms with Crippen LogP contribution in [0.4, 0.5) is 4.79 Å². The van der Waals surface area contributed by atoms with Crippen LogP contribution in [0.3, 0.4) is 0 Å². The number of urea groups is 1. The highest BCUT2D eigenvalue weighted by atomic mass is 16.2. The molecule has 1 saturated heterocycles. The molecule has 11 nitrogen and oxygen atoms in total. The molecule has 3 unspecified atom stereocenters. The van der Waals surface area contributed by atoms with Crippen LogP contribution in [-0.2, 0) is 19.2 Å². The van der Waals surface area contributed by atoms with E-state index in [2.05, 4.69) is 36.7 Å². The monoisotopic (exact) mass is 669 g/mol. The van der Waals surface area contributed by atoms with Gasteiger partial charge in [0.15, 0.2) is 5.78 Å². The minimum absolute atomic E-state index is 0.0498. The van der Waals surface area contributed by atoms with E-state index < -0.39 is 58.6 Å². The second-order valence-electron chi connectivity index (χ2n) is 14.7. The molecule has 5 N–H and O–H groups in total. The third-order valence-electron chi connectivity index (χ3n) is 8.87. The highest BCUT2D eigenvalue weighted by Crippen LogP contribution is 2.33. The summed E-state index contributed by atoms with van der Waals surface area (Å²) in [4.78, 5) is 77.8. The predicted octanol–water partition coefficient (Wildman–Crippen LogP) is 5.06. The number of nitrogens with one attached hydrogen (secondary N) is 3. The largest absolute Gasteiger partial charge is 0.363 e. The number of carbonyl (C=O) groups excluding carboxylic acids is 6. The number of benzene rings is 1. The lowest BCUT2D eigenvalue weighted by atomic mass is 9.77. The molecule has 0 spiro atoms. The van der Waals surface area contributed by atoms with Gasteiger partial charge in [-0.05, 0) is 43.9 Å². The van der Waals surface area contributed by atoms with Crippen molar-refractivity contribution in [3.8, 4) is 0 Å². The summed E-state index contributed by atoms with van der Waals surface area (Å²) in [7, 11) is 0. The normalized spacial score (nSPS) is 19.6. The van der Waals surface area contributed by atoms with Gasteiger partial charge in [-0.15, -0.1) is 0 Å². The highest BCUT2D eigenvalue weighted by molar-refractivity contribution is 6.37. The number of rotatable bonds is 10. The Hall–Kier alpha value is -3.76. The SMILES string of the molecule is CC(NC(=O)C1CCCN1C(=O)C(NC(=O)NC1(CC(=O)c2ccccc2)CCCCC1)C(C)(C)C)C(=O)C(N)=O.CC1CC1.CCC. The van der Waals surface area contributed by atoms with Gasteiger partial charge in [-0.2, -0.15) is 0 Å². The Morgan fingerprint density at radius 3 is 1.98 bits per heavy atom. The van der Waals surface area contributed by atoms with E-state index in [1.807, 2.05) is 39.0 Å². The molecule has 48 heavy (non-hydrogen) atoms. The molecule has 11 heteroatoms. The Morgan fingerprint density at radius 2 is 1.48 bits per heavy atom. The van der Waals surface area contributed by atoms with Crippen LogP contribution in [-0.4, -0.2) is 70.4 Å². The van der Waals surface area contributed by atoms with Crippen LogP contribution >= 0.6 is 0 Å². The van der Waals surface area contributed by atoms with Crippen LogP contribution in [0, 0.1) is 11.3 Å². The maximum Gasteiger partial charge on any atom is 0.315 e. The number of Topliss-reactive ketones (excluding diaryl/α,β-unsaturated/α-hetero) is 2. The first-order valence-corrected chi connectivity index (χ1v) is 17.7. The Labute approximate surface area is 286 Å². The maximum absolute atomic E-state index is 13.8. The summed E-state index contributed by atoms with van der Waals surface area (Å²) in [6, 6.07) is 5.51. The first kappa shape index (κ1) is 40.4. The van der Waals surface area contributed by atoms with Crippen LogP contribution in [0.5, 0.6) is 0 Å². The van der Waals surface area contributed by atoms with Crippen molar-refractivity contribution in [2.45, 2.75) is 143 Å². The second kappa shape index (κ2) is 18.7. The number of nitrogens with zero attached hydrogens (tertiary/aromatic N) is 1. The average Bonchev–Trinajstić information content (AvgIpc) is 3.65. The van der Waals surface area contributed by atoms with Gasteiger partial charge >= 0.3 is 6.03 Å². The van der Waals surface area contributed by atoms with Gasteiger partial charge in [0.1, 0.15) is 12.1 Å². The molecule has 4 rings (SSSR count). The summed E-state index contributed by atoms with van der Waals surface area (Å²) >= 11 is 0. The van der Waals surface area contributed by atoms with Crippen molar-refractivity contribution < 1.29 is 28.8 Å². The van der Waals surface area contributed by atoms with E-state index in [1.54, 1.807) is 12.1 Å². The van der Waals surface area contributed by atoms with Crippen LogP contribution in [0.25, 0.3) is 0 Å². The lowest BCUT2D eigenvalue weighted by molar-refractivity contribution is -0.143. The highest BCUT2D eigenvalue weighted by Gasteiger charge is 2.43. The van der Waals surface area contributed by atoms with Gasteiger partial charge in [0.05, 0.1) is 6.04 Å². The topological polar surface area (TPSA) is 168 Å². The molecule has 3 aliphatic rings. The van der Waals surface area contributed by atoms with Crippen molar-refractivity contribution in [3.05, 3.63) is 35.9 Å². The second-order valence-corrected chi connectivity index (χ2v) is 14.7. The Morgan fingerprint density at radius 1 is 0.917 bits per heavy atom. The van der Waals surface area contributed by atoms with Crippen molar-refractivity contribution in [2.75, 3.05) is 6.54 Å². The number of carbonyl (C=O) groups is 6. The standard InChI is InChI=1S/C30H43N5O6.C4H8.C3H8/c1-19(23(37)25(31)38)32-26(39)21-14-11-17-35(21)27(40)24(29(2,3)4)33-28(41)34-30(15-9-6-10-16-30)18-22(36)20-12-7-5-8-13-20;1-4-2-3-4;1-3-2/h5,7-8,12-13,19,21,24H,6,9-11,14-18H2,1-4H3,(H2,31,38)(H,32,39)(H2,33,34,41);4H,2-3H2,1H3;3H2,1-2H3. The molecular formula is C37H59N5O6. The average molecular weight is 670 g/mol. The third-order valence-corrected chi connectivity index (χ3v) is 8.87. The van der Waals surface area contributed by atoms with E-state index >= 15 is 0 Å². The number of likely N-dealkylation sites (tertiary alicyclic amines) is 1. The lowest BCUT2D eigenvalue weighted by Crippen LogP contribution is -2.62. The molecule has 0 bridgehead atoms. The number of hydrogen-bond acceptors (Lipinski definition) is 6. The molecule has 0 aromatic heterocycles. The van der Waals surface area contributed by atoms with Crippen LogP contribution < -0.4 is 21.7 Å². The first-order chi connectivity index (χ1) is 22.5. The zero-order valence-electron chi connectivity index (χ0n) is 30.2. The molecule has 1 aromatic carbocycles. The number of primary amides is 1. The molecular weight excluding hydrogens is 610 g/mol. The Bertz CT molecular complexity index is 1250. The van der Waals surface area contributed by atoms with E-state index in [-0.39, 0.29) is 12.2 Å². The van der Waals surface area contributed by atoms with E-state index in [4.69, 9.17) is 5.73 Å². The Balaban J connectivity index is 0.00000103. The molecule has 1 aliphatic heterocycles. The van der Waals surface area contributed by atoms with Crippen molar-refractivity contribution in [1.82, 2.24) is 20.9 Å². The molecule has 0 radical (unpaired) electrons. The summed E-state index contributed by atoms with van der Waals surface area (Å²) in [6.45, 7) is 13.7. The fourth-order valence-electron chi connectivity index (χ4n) is 5.89. The van der Waals surface area contributed by atoms with Gasteiger partial charge in [-0.1, -0.05) is 110 Å². The molecule has 3 fully saturated rings. The van der Waals surface area contributed by atoms with Gasteiger partial charge in [0.2, 0.25) is 17.6 Å². The summed E-state index contributed by atoms with van der Waals surface area (Å²) in [5.74, 6) is -2.03. The number of hydrogen-bond donors (Lipinski definition) is 4. The molecule has 2 aliphatic carbocycles. The van der Waals surface area contributed by atoms with Gasteiger partial charge in [0, 0.05) is 24.1 Å². The fourth-order valence-corrected chi connectivity index (χ4v) is 5.89. The first-order valence-electron chi connectivity index (χ1n) is 17.7. The van der Waals surface area contributed by atoms with Crippen LogP contribution in [0.15, 0.2) is 30.3 Å². The number of nitrogens with two attached hydrogens (primary N) is 1. The van der Waals surface area contributed by atoms with E-state index in [1.165, 1.54) is 31.1 Å². The minimum Gasteiger partial charge on any atom is -0.363 e. The van der Waals surface area contributed by atoms with Gasteiger partial charge in [-0.25, -0.2) is 4.79 Å². The smallest absolute Gasteiger partial charge is 0.315 e. The van der Waals surface area contributed by atoms with Gasteiger partial charge in [0.25, 0.3) is 5.91 Å². The van der Waals surface area contributed by atoms with Crippen LogP contribution in [0.1, 0.15) is 129 Å². The van der Waals surface area contributed by atoms with Crippen LogP contribution in [0.2, 0.25) is 0 Å². The lowest BCUT2D eigenvalue weighted by Gasteiger charge is -2.40. The zero-order valence-corrected chi connectivity index (χ0v) is 30.2. The predicted molar refractivity (Wildman–Crippen MR) is 187 cm³/mol. The van der Waals surface area contributed by atoms with Crippen molar-refractivity contribution in [2.24, 2.45) is 17.1 Å². The Kier molecular flexibility index (Phi) is 15.7. The minimum atomic E-state index is -1.15. The maximum atomic E-state index is 13.8. The molecule has 1 heterocycles. The molecule has 2 saturated carbocycles. The molecule has 1 aromatic rings. The molecule has 268 valence electrons. The zero-order chi connectivity index (χ0) is 36.1. The molecule has 3 atom stereocenters. The van der Waals surface area contributed by atoms with Crippen molar-refractivity contribution in [1.29, 1.82) is 0 Å². The summed E-state index contributed by atoms with van der Waals surface area (Å²) in [5.41, 5.74) is 4.21.